The van der Waals surface area contributed by atoms with Gasteiger partial charge in [-0.05, 0) is 37.3 Å². The largest absolute Gasteiger partial charge is 0.486 e. The van der Waals surface area contributed by atoms with Gasteiger partial charge >= 0.3 is 0 Å². The van der Waals surface area contributed by atoms with E-state index in [4.69, 9.17) is 16.3 Å². The second-order valence-corrected chi connectivity index (χ2v) is 7.92. The molecule has 8 nitrogen and oxygen atoms in total. The average Bonchev–Trinajstić information content (AvgIpc) is 2.78. The van der Waals surface area contributed by atoms with Gasteiger partial charge in [-0.1, -0.05) is 17.7 Å². The molecule has 3 N–H and O–H groups in total. The highest BCUT2D eigenvalue weighted by atomic mass is 35.5. The van der Waals surface area contributed by atoms with E-state index >= 15 is 0 Å². The number of anilines is 2. The molecule has 0 bridgehead atoms. The van der Waals surface area contributed by atoms with Crippen molar-refractivity contribution in [2.24, 2.45) is 0 Å². The molecule has 0 saturated heterocycles. The lowest BCUT2D eigenvalue weighted by atomic mass is 10.1. The van der Waals surface area contributed by atoms with E-state index in [2.05, 4.69) is 25.6 Å². The van der Waals surface area contributed by atoms with Gasteiger partial charge in [0.05, 0.1) is 22.3 Å². The van der Waals surface area contributed by atoms with Crippen LogP contribution >= 0.6 is 11.6 Å². The third-order valence-electron chi connectivity index (χ3n) is 4.94. The Morgan fingerprint density at radius 3 is 2.76 bits per heavy atom. The van der Waals surface area contributed by atoms with Crippen molar-refractivity contribution in [3.05, 3.63) is 87.6 Å². The molecule has 0 radical (unpaired) electrons. The van der Waals surface area contributed by atoms with Gasteiger partial charge in [-0.25, -0.2) is 4.98 Å². The number of benzene rings is 1. The van der Waals surface area contributed by atoms with E-state index < -0.39 is 0 Å². The highest BCUT2D eigenvalue weighted by Gasteiger charge is 2.14. The van der Waals surface area contributed by atoms with Crippen LogP contribution in [-0.4, -0.2) is 20.9 Å². The molecule has 0 aliphatic heterocycles. The van der Waals surface area contributed by atoms with E-state index in [1.807, 2.05) is 25.1 Å². The summed E-state index contributed by atoms with van der Waals surface area (Å²) < 4.78 is 5.80. The van der Waals surface area contributed by atoms with Crippen molar-refractivity contribution in [1.82, 2.24) is 15.0 Å². The second kappa shape index (κ2) is 9.70. The monoisotopic (exact) mass is 463 g/mol. The van der Waals surface area contributed by atoms with Crippen LogP contribution in [0.2, 0.25) is 5.02 Å². The molecule has 1 amide bonds. The lowest BCUT2D eigenvalue weighted by Gasteiger charge is -2.16. The fraction of sp³-hybridized carbons (Fsp3) is 0.167. The Morgan fingerprint density at radius 2 is 2.00 bits per heavy atom. The van der Waals surface area contributed by atoms with Gasteiger partial charge in [0.25, 0.3) is 5.56 Å². The Labute approximate surface area is 195 Å². The maximum atomic E-state index is 12.8. The molecule has 0 aliphatic rings. The molecule has 33 heavy (non-hydrogen) atoms. The number of nitrogens with zero attached hydrogens (tertiary/aromatic N) is 2. The highest BCUT2D eigenvalue weighted by molar-refractivity contribution is 6.32. The molecule has 3 heterocycles. The summed E-state index contributed by atoms with van der Waals surface area (Å²) in [4.78, 5) is 35.5. The fourth-order valence-electron chi connectivity index (χ4n) is 3.38. The number of halogens is 1. The Balaban J connectivity index is 1.56. The minimum Gasteiger partial charge on any atom is -0.486 e. The summed E-state index contributed by atoms with van der Waals surface area (Å²) in [5.41, 5.74) is 2.28. The summed E-state index contributed by atoms with van der Waals surface area (Å²) in [5, 5.41) is 7.11. The maximum Gasteiger partial charge on any atom is 0.253 e. The zero-order chi connectivity index (χ0) is 23.4. The van der Waals surface area contributed by atoms with Gasteiger partial charge in [-0.15, -0.1) is 0 Å². The number of rotatable bonds is 7. The van der Waals surface area contributed by atoms with Crippen molar-refractivity contribution < 1.29 is 9.53 Å². The number of ether oxygens (including phenoxy) is 1. The summed E-state index contributed by atoms with van der Waals surface area (Å²) in [6.45, 7) is 3.56. The van der Waals surface area contributed by atoms with E-state index in [9.17, 15) is 9.59 Å². The summed E-state index contributed by atoms with van der Waals surface area (Å²) in [7, 11) is 0. The van der Waals surface area contributed by atoms with Crippen molar-refractivity contribution in [1.29, 1.82) is 0 Å². The maximum absolute atomic E-state index is 12.8. The molecule has 3 aromatic heterocycles. The minimum atomic E-state index is -0.350. The lowest BCUT2D eigenvalue weighted by Crippen LogP contribution is -2.20. The molecular weight excluding hydrogens is 442 g/mol. The van der Waals surface area contributed by atoms with Crippen molar-refractivity contribution in [3.63, 3.8) is 0 Å². The first-order valence-electron chi connectivity index (χ1n) is 10.3. The number of aromatic amines is 1. The Hall–Kier alpha value is -3.91. The van der Waals surface area contributed by atoms with Crippen LogP contribution < -0.4 is 20.9 Å². The molecule has 0 spiro atoms. The summed E-state index contributed by atoms with van der Waals surface area (Å²) in [5.74, 6) is 0.819. The molecule has 9 heteroatoms. The number of amides is 1. The minimum absolute atomic E-state index is 0.175. The standard InChI is InChI=1S/C24H22ClN5O3/c1-14(28-23-11-17(6-8-27-23)29-15(2)31)19-9-16-10-20(25)22(12-21(16)30-24(19)32)33-13-18-5-3-4-7-26-18/h3-12,14H,13H2,1-2H3,(H,30,32)(H2,27,28,29,31)/t14-/m0/s1. The van der Waals surface area contributed by atoms with Gasteiger partial charge < -0.3 is 20.4 Å². The van der Waals surface area contributed by atoms with Crippen molar-refractivity contribution in [3.8, 4) is 5.75 Å². The van der Waals surface area contributed by atoms with E-state index in [-0.39, 0.29) is 24.1 Å². The third-order valence-corrected chi connectivity index (χ3v) is 5.23. The third kappa shape index (κ3) is 5.48. The zero-order valence-electron chi connectivity index (χ0n) is 18.1. The summed E-state index contributed by atoms with van der Waals surface area (Å²) in [6, 6.07) is 13.9. The van der Waals surface area contributed by atoms with Crippen LogP contribution in [0, 0.1) is 0 Å². The number of carbonyl (C=O) groups excluding carboxylic acids is 1. The first-order chi connectivity index (χ1) is 15.9. The molecule has 0 saturated carbocycles. The van der Waals surface area contributed by atoms with E-state index in [1.54, 1.807) is 42.7 Å². The van der Waals surface area contributed by atoms with Crippen LogP contribution in [0.25, 0.3) is 10.9 Å². The highest BCUT2D eigenvalue weighted by Crippen LogP contribution is 2.30. The number of hydrogen-bond acceptors (Lipinski definition) is 6. The number of aromatic nitrogens is 3. The molecular formula is C24H22ClN5O3. The number of nitrogens with one attached hydrogen (secondary N) is 3. The molecule has 4 aromatic rings. The van der Waals surface area contributed by atoms with Crippen LogP contribution in [0.4, 0.5) is 11.5 Å². The SMILES string of the molecule is CC(=O)Nc1ccnc(N[C@@H](C)c2cc3cc(Cl)c(OCc4ccccn4)cc3[nH]c2=O)c1. The van der Waals surface area contributed by atoms with Crippen LogP contribution in [0.5, 0.6) is 5.75 Å². The molecule has 1 atom stereocenters. The van der Waals surface area contributed by atoms with E-state index in [0.717, 1.165) is 11.1 Å². The van der Waals surface area contributed by atoms with Gasteiger partial charge in [-0.3, -0.25) is 14.6 Å². The lowest BCUT2D eigenvalue weighted by molar-refractivity contribution is -0.114. The van der Waals surface area contributed by atoms with E-state index in [0.29, 0.717) is 33.4 Å². The van der Waals surface area contributed by atoms with Gasteiger partial charge in [0.1, 0.15) is 18.2 Å². The Kier molecular flexibility index (Phi) is 6.55. The first-order valence-corrected chi connectivity index (χ1v) is 10.7. The number of hydrogen-bond donors (Lipinski definition) is 3. The molecule has 0 unspecified atom stereocenters. The smallest absolute Gasteiger partial charge is 0.253 e. The van der Waals surface area contributed by atoms with Gasteiger partial charge in [0.2, 0.25) is 5.91 Å². The first kappa shape index (κ1) is 22.3. The topological polar surface area (TPSA) is 109 Å². The molecule has 0 aliphatic carbocycles. The zero-order valence-corrected chi connectivity index (χ0v) is 18.8. The van der Waals surface area contributed by atoms with Crippen molar-refractivity contribution in [2.75, 3.05) is 10.6 Å². The summed E-state index contributed by atoms with van der Waals surface area (Å²) in [6.07, 6.45) is 3.28. The number of pyridine rings is 3. The van der Waals surface area contributed by atoms with Crippen molar-refractivity contribution in [2.45, 2.75) is 26.5 Å². The Bertz CT molecular complexity index is 1360. The van der Waals surface area contributed by atoms with Gasteiger partial charge in [0.15, 0.2) is 0 Å². The van der Waals surface area contributed by atoms with E-state index in [1.165, 1.54) is 6.92 Å². The second-order valence-electron chi connectivity index (χ2n) is 7.51. The molecule has 0 fully saturated rings. The molecule has 1 aromatic carbocycles. The predicted molar refractivity (Wildman–Crippen MR) is 129 cm³/mol. The number of carbonyl (C=O) groups is 1. The average molecular weight is 464 g/mol. The van der Waals surface area contributed by atoms with Gasteiger partial charge in [0, 0.05) is 48.1 Å². The van der Waals surface area contributed by atoms with Gasteiger partial charge in [-0.2, -0.15) is 0 Å². The van der Waals surface area contributed by atoms with Crippen molar-refractivity contribution >= 4 is 39.9 Å². The van der Waals surface area contributed by atoms with Crippen LogP contribution in [0.3, 0.4) is 0 Å². The number of H-pyrrole nitrogens is 1. The number of fused-ring (bicyclic) bond motifs is 1. The predicted octanol–water partition coefficient (Wildman–Crippen LogP) is 4.68. The molecule has 168 valence electrons. The van der Waals surface area contributed by atoms with Crippen LogP contribution in [0.1, 0.15) is 31.1 Å². The van der Waals surface area contributed by atoms with Crippen LogP contribution in [-0.2, 0) is 11.4 Å². The quantitative estimate of drug-likeness (QED) is 0.367. The Morgan fingerprint density at radius 1 is 1.15 bits per heavy atom. The normalized spacial score (nSPS) is 11.7. The fourth-order valence-corrected chi connectivity index (χ4v) is 3.61. The molecule has 4 rings (SSSR count). The van der Waals surface area contributed by atoms with Crippen LogP contribution in [0.15, 0.2) is 65.7 Å². The summed E-state index contributed by atoms with van der Waals surface area (Å²) >= 11 is 6.43.